The maximum atomic E-state index is 13.3. The molecular weight excluding hydrogens is 492 g/mol. The van der Waals surface area contributed by atoms with Crippen molar-refractivity contribution in [1.29, 1.82) is 0 Å². The van der Waals surface area contributed by atoms with Crippen molar-refractivity contribution in [2.75, 3.05) is 23.7 Å². The molecule has 0 bridgehead atoms. The van der Waals surface area contributed by atoms with Gasteiger partial charge in [-0.1, -0.05) is 36.4 Å². The highest BCUT2D eigenvalue weighted by atomic mass is 16.6. The maximum absolute atomic E-state index is 13.3. The molecule has 6 rings (SSSR count). The van der Waals surface area contributed by atoms with E-state index in [1.165, 1.54) is 30.5 Å². The zero-order valence-corrected chi connectivity index (χ0v) is 21.5. The number of carbonyl (C=O) groups excluding carboxylic acids is 1. The first kappa shape index (κ1) is 24.6. The minimum atomic E-state index is -0.448. The predicted molar refractivity (Wildman–Crippen MR) is 152 cm³/mol. The van der Waals surface area contributed by atoms with E-state index in [1.807, 2.05) is 49.5 Å². The van der Waals surface area contributed by atoms with Crippen LogP contribution >= 0.6 is 0 Å². The first-order valence-electron chi connectivity index (χ1n) is 13.0. The number of benzene rings is 3. The van der Waals surface area contributed by atoms with Crippen LogP contribution in [0.25, 0.3) is 22.5 Å². The molecule has 3 N–H and O–H groups in total. The zero-order chi connectivity index (χ0) is 26.9. The Morgan fingerprint density at radius 3 is 2.46 bits per heavy atom. The Labute approximate surface area is 225 Å². The quantitative estimate of drug-likeness (QED) is 0.161. The van der Waals surface area contributed by atoms with E-state index in [0.717, 1.165) is 48.0 Å². The summed E-state index contributed by atoms with van der Waals surface area (Å²) in [5.74, 6) is 0.533. The van der Waals surface area contributed by atoms with Crippen molar-refractivity contribution >= 4 is 34.2 Å². The molecule has 196 valence electrons. The van der Waals surface area contributed by atoms with Gasteiger partial charge >= 0.3 is 0 Å². The van der Waals surface area contributed by atoms with Gasteiger partial charge < -0.3 is 15.6 Å². The largest absolute Gasteiger partial charge is 0.354 e. The molecule has 0 saturated carbocycles. The summed E-state index contributed by atoms with van der Waals surface area (Å²) in [7, 11) is 0. The number of anilines is 2. The molecule has 0 spiro atoms. The van der Waals surface area contributed by atoms with Crippen molar-refractivity contribution in [1.82, 2.24) is 14.9 Å². The van der Waals surface area contributed by atoms with E-state index < -0.39 is 4.92 Å². The minimum Gasteiger partial charge on any atom is -0.354 e. The number of nitrogens with zero attached hydrogens (tertiary/aromatic N) is 3. The average Bonchev–Trinajstić information content (AvgIpc) is 3.68. The summed E-state index contributed by atoms with van der Waals surface area (Å²) >= 11 is 0. The smallest absolute Gasteiger partial charge is 0.270 e. The van der Waals surface area contributed by atoms with Gasteiger partial charge in [0.2, 0.25) is 0 Å². The molecule has 0 unspecified atom stereocenters. The van der Waals surface area contributed by atoms with Crippen LogP contribution in [0.4, 0.5) is 17.1 Å². The minimum absolute atomic E-state index is 0.0679. The highest BCUT2D eigenvalue weighted by Crippen LogP contribution is 2.39. The molecule has 1 fully saturated rings. The predicted octanol–water partition coefficient (Wildman–Crippen LogP) is 5.82. The number of nitro benzene ring substituents is 1. The lowest BCUT2D eigenvalue weighted by molar-refractivity contribution is -0.384. The van der Waals surface area contributed by atoms with Gasteiger partial charge in [-0.2, -0.15) is 0 Å². The monoisotopic (exact) mass is 520 g/mol. The first-order chi connectivity index (χ1) is 18.9. The number of amides is 1. The Balaban J connectivity index is 1.39. The Bertz CT molecular complexity index is 1580. The van der Waals surface area contributed by atoms with Crippen LogP contribution in [0.1, 0.15) is 35.4 Å². The fourth-order valence-corrected chi connectivity index (χ4v) is 5.21. The van der Waals surface area contributed by atoms with Gasteiger partial charge in [0, 0.05) is 47.4 Å². The van der Waals surface area contributed by atoms with E-state index in [4.69, 9.17) is 0 Å². The normalized spacial score (nSPS) is 16.2. The number of aryl methyl sites for hydroxylation is 1. The summed E-state index contributed by atoms with van der Waals surface area (Å²) in [4.78, 5) is 34.3. The number of fused-ring (bicyclic) bond motifs is 1. The first-order valence-corrected chi connectivity index (χ1v) is 13.0. The standard InChI is InChI=1S/C30H28N6O3/c1-19-31-17-27(32-19)21-8-10-23(11-9-21)33-29(22-6-4-20(5-7-22)18-35-14-2-3-15-35)28-25-16-24(36(38)39)12-13-26(25)34-30(28)37/h4-13,16-17,33H,2-3,14-15,18H2,1H3,(H,31,32)(H,34,37). The molecule has 1 saturated heterocycles. The number of nitro groups is 1. The third-order valence-corrected chi connectivity index (χ3v) is 7.21. The van der Waals surface area contributed by atoms with Crippen molar-refractivity contribution in [3.63, 3.8) is 0 Å². The van der Waals surface area contributed by atoms with Gasteiger partial charge in [0.05, 0.1) is 21.9 Å². The van der Waals surface area contributed by atoms with Gasteiger partial charge in [0.1, 0.15) is 5.82 Å². The molecule has 4 aromatic rings. The highest BCUT2D eigenvalue weighted by molar-refractivity contribution is 6.37. The zero-order valence-electron chi connectivity index (χ0n) is 21.5. The fourth-order valence-electron chi connectivity index (χ4n) is 5.21. The van der Waals surface area contributed by atoms with Crippen LogP contribution in [0.5, 0.6) is 0 Å². The summed E-state index contributed by atoms with van der Waals surface area (Å²) < 4.78 is 0. The summed E-state index contributed by atoms with van der Waals surface area (Å²) in [5.41, 5.74) is 6.55. The molecule has 1 aromatic heterocycles. The molecule has 2 aliphatic rings. The average molecular weight is 521 g/mol. The van der Waals surface area contributed by atoms with Crippen molar-refractivity contribution in [3.05, 3.63) is 106 Å². The van der Waals surface area contributed by atoms with Crippen LogP contribution in [0.2, 0.25) is 0 Å². The number of aromatic nitrogens is 2. The number of H-pyrrole nitrogens is 1. The van der Waals surface area contributed by atoms with E-state index >= 15 is 0 Å². The van der Waals surface area contributed by atoms with Crippen molar-refractivity contribution < 1.29 is 9.72 Å². The second-order valence-electron chi connectivity index (χ2n) is 9.94. The fraction of sp³-hybridized carbons (Fsp3) is 0.200. The molecule has 0 atom stereocenters. The van der Waals surface area contributed by atoms with Gasteiger partial charge in [-0.25, -0.2) is 4.98 Å². The van der Waals surface area contributed by atoms with Crippen molar-refractivity contribution in [3.8, 4) is 11.3 Å². The Kier molecular flexibility index (Phi) is 6.42. The van der Waals surface area contributed by atoms with E-state index in [2.05, 4.69) is 37.6 Å². The second kappa shape index (κ2) is 10.2. The lowest BCUT2D eigenvalue weighted by atomic mass is 9.98. The third kappa shape index (κ3) is 5.04. The number of nitrogens with one attached hydrogen (secondary N) is 3. The Hall–Kier alpha value is -4.76. The molecule has 9 heteroatoms. The van der Waals surface area contributed by atoms with Gasteiger partial charge in [0.25, 0.3) is 11.6 Å². The van der Waals surface area contributed by atoms with E-state index in [9.17, 15) is 14.9 Å². The van der Waals surface area contributed by atoms with Gasteiger partial charge in [-0.05, 0) is 62.2 Å². The molecule has 3 heterocycles. The van der Waals surface area contributed by atoms with E-state index in [0.29, 0.717) is 22.5 Å². The number of likely N-dealkylation sites (tertiary alicyclic amines) is 1. The molecule has 9 nitrogen and oxygen atoms in total. The van der Waals surface area contributed by atoms with Crippen molar-refractivity contribution in [2.24, 2.45) is 0 Å². The number of carbonyl (C=O) groups is 1. The molecule has 39 heavy (non-hydrogen) atoms. The molecule has 0 aliphatic carbocycles. The number of hydrogen-bond acceptors (Lipinski definition) is 6. The topological polar surface area (TPSA) is 116 Å². The van der Waals surface area contributed by atoms with Crippen LogP contribution in [-0.2, 0) is 11.3 Å². The number of aromatic amines is 1. The summed E-state index contributed by atoms with van der Waals surface area (Å²) in [5, 5.41) is 17.8. The molecular formula is C30H28N6O3. The van der Waals surface area contributed by atoms with Gasteiger partial charge in [-0.15, -0.1) is 0 Å². The van der Waals surface area contributed by atoms with E-state index in [1.54, 1.807) is 6.07 Å². The van der Waals surface area contributed by atoms with Crippen LogP contribution in [0, 0.1) is 17.0 Å². The van der Waals surface area contributed by atoms with Crippen LogP contribution < -0.4 is 10.6 Å². The number of rotatable bonds is 7. The Morgan fingerprint density at radius 2 is 1.79 bits per heavy atom. The lowest BCUT2D eigenvalue weighted by Gasteiger charge is -2.17. The SMILES string of the molecule is Cc1nc(-c2ccc(NC(=C3C(=O)Nc4ccc([N+](=O)[O-])cc43)c3ccc(CN4CCCC4)cc3)cc2)c[nH]1. The van der Waals surface area contributed by atoms with Gasteiger partial charge in [0.15, 0.2) is 0 Å². The maximum Gasteiger partial charge on any atom is 0.270 e. The number of non-ortho nitro benzene ring substituents is 1. The molecule has 0 radical (unpaired) electrons. The summed E-state index contributed by atoms with van der Waals surface area (Å²) in [6, 6.07) is 20.4. The highest BCUT2D eigenvalue weighted by Gasteiger charge is 2.30. The third-order valence-electron chi connectivity index (χ3n) is 7.21. The summed E-state index contributed by atoms with van der Waals surface area (Å²) in [6.07, 6.45) is 4.33. The van der Waals surface area contributed by atoms with Crippen LogP contribution in [0.3, 0.4) is 0 Å². The molecule has 1 amide bonds. The van der Waals surface area contributed by atoms with Gasteiger partial charge in [-0.3, -0.25) is 19.8 Å². The molecule has 2 aliphatic heterocycles. The number of imidazole rings is 1. The Morgan fingerprint density at radius 1 is 1.05 bits per heavy atom. The van der Waals surface area contributed by atoms with Crippen LogP contribution in [0.15, 0.2) is 72.9 Å². The molecule has 3 aromatic carbocycles. The lowest BCUT2D eigenvalue weighted by Crippen LogP contribution is -2.18. The summed E-state index contributed by atoms with van der Waals surface area (Å²) in [6.45, 7) is 5.02. The second-order valence-corrected chi connectivity index (χ2v) is 9.94. The van der Waals surface area contributed by atoms with Crippen LogP contribution in [-0.4, -0.2) is 38.8 Å². The van der Waals surface area contributed by atoms with Crippen molar-refractivity contribution in [2.45, 2.75) is 26.3 Å². The van der Waals surface area contributed by atoms with E-state index in [-0.39, 0.29) is 11.6 Å². The number of hydrogen-bond donors (Lipinski definition) is 3.